The third-order valence-corrected chi connectivity index (χ3v) is 3.94. The minimum absolute atomic E-state index is 0.226. The number of halogens is 2. The van der Waals surface area contributed by atoms with Gasteiger partial charge in [-0.05, 0) is 29.6 Å². The summed E-state index contributed by atoms with van der Waals surface area (Å²) < 4.78 is 26.3. The van der Waals surface area contributed by atoms with Crippen molar-refractivity contribution >= 4 is 0 Å². The largest absolute Gasteiger partial charge is 0.285 e. The van der Waals surface area contributed by atoms with Crippen LogP contribution < -0.4 is 0 Å². The van der Waals surface area contributed by atoms with Crippen molar-refractivity contribution in [2.75, 3.05) is 0 Å². The molecule has 0 amide bonds. The van der Waals surface area contributed by atoms with Crippen molar-refractivity contribution < 1.29 is 8.78 Å². The summed E-state index contributed by atoms with van der Waals surface area (Å²) in [6.45, 7) is 10.3. The molecule has 0 aliphatic heterocycles. The molecule has 0 aromatic carbocycles. The maximum Gasteiger partial charge on any atom is 0.285 e. The van der Waals surface area contributed by atoms with Crippen molar-refractivity contribution in [2.45, 2.75) is 40.5 Å². The maximum absolute atomic E-state index is 13.2. The number of rotatable bonds is 0. The van der Waals surface area contributed by atoms with Gasteiger partial charge in [0.1, 0.15) is 0 Å². The van der Waals surface area contributed by atoms with Gasteiger partial charge in [0.15, 0.2) is 0 Å². The van der Waals surface area contributed by atoms with E-state index in [0.717, 1.165) is 17.7 Å². The minimum atomic E-state index is -2.78. The number of fused-ring (bicyclic) bond motifs is 1. The van der Waals surface area contributed by atoms with E-state index < -0.39 is 5.92 Å². The molecule has 3 atom stereocenters. The first-order valence-corrected chi connectivity index (χ1v) is 6.35. The van der Waals surface area contributed by atoms with E-state index in [1.54, 1.807) is 6.08 Å². The van der Waals surface area contributed by atoms with Crippen molar-refractivity contribution in [2.24, 2.45) is 17.3 Å². The molecule has 96 valence electrons. The summed E-state index contributed by atoms with van der Waals surface area (Å²) in [6, 6.07) is 0. The molecular formula is C15H22F2. The summed E-state index contributed by atoms with van der Waals surface area (Å²) in [5.74, 6) is -1.98. The average molecular weight is 240 g/mol. The molecule has 0 spiro atoms. The van der Waals surface area contributed by atoms with E-state index in [-0.39, 0.29) is 5.41 Å². The lowest BCUT2D eigenvalue weighted by Gasteiger charge is -2.42. The van der Waals surface area contributed by atoms with Crippen molar-refractivity contribution in [1.82, 2.24) is 0 Å². The average Bonchev–Trinajstić information content (AvgIpc) is 2.30. The second-order valence-corrected chi connectivity index (χ2v) is 4.90. The second-order valence-electron chi connectivity index (χ2n) is 4.90. The van der Waals surface area contributed by atoms with Crippen molar-refractivity contribution in [3.05, 3.63) is 36.0 Å². The molecule has 3 unspecified atom stereocenters. The third kappa shape index (κ3) is 2.51. The topological polar surface area (TPSA) is 0 Å². The predicted octanol–water partition coefficient (Wildman–Crippen LogP) is 4.99. The first-order chi connectivity index (χ1) is 7.85. The van der Waals surface area contributed by atoms with Gasteiger partial charge in [0.05, 0.1) is 0 Å². The summed E-state index contributed by atoms with van der Waals surface area (Å²) in [4.78, 5) is 0. The van der Waals surface area contributed by atoms with Gasteiger partial charge < -0.3 is 0 Å². The van der Waals surface area contributed by atoms with E-state index in [0.29, 0.717) is 11.8 Å². The van der Waals surface area contributed by atoms with Crippen LogP contribution in [0.5, 0.6) is 0 Å². The van der Waals surface area contributed by atoms with E-state index in [2.05, 4.69) is 13.8 Å². The highest BCUT2D eigenvalue weighted by molar-refractivity contribution is 5.42. The van der Waals surface area contributed by atoms with E-state index in [4.69, 9.17) is 0 Å². The Labute approximate surface area is 103 Å². The lowest BCUT2D eigenvalue weighted by molar-refractivity contribution is 0.0999. The summed E-state index contributed by atoms with van der Waals surface area (Å²) in [7, 11) is 0. The zero-order chi connectivity index (χ0) is 13.3. The Bertz CT molecular complexity index is 363. The van der Waals surface area contributed by atoms with Gasteiger partial charge in [-0.2, -0.15) is 8.78 Å². The zero-order valence-corrected chi connectivity index (χ0v) is 11.3. The van der Waals surface area contributed by atoms with Gasteiger partial charge in [0.2, 0.25) is 0 Å². The van der Waals surface area contributed by atoms with Crippen LogP contribution in [0, 0.1) is 17.3 Å². The van der Waals surface area contributed by atoms with Crippen LogP contribution in [0.3, 0.4) is 0 Å². The quantitative estimate of drug-likeness (QED) is 0.523. The molecule has 0 radical (unpaired) electrons. The first kappa shape index (κ1) is 14.1. The summed E-state index contributed by atoms with van der Waals surface area (Å²) in [5, 5.41) is 0. The van der Waals surface area contributed by atoms with E-state index in [1.165, 1.54) is 0 Å². The fraction of sp³-hybridized carbons (Fsp3) is 0.600. The Morgan fingerprint density at radius 3 is 2.29 bits per heavy atom. The van der Waals surface area contributed by atoms with Gasteiger partial charge in [0, 0.05) is 5.41 Å². The van der Waals surface area contributed by atoms with Crippen LogP contribution in [0.4, 0.5) is 8.78 Å². The second kappa shape index (κ2) is 4.75. The molecule has 2 heteroatoms. The highest BCUT2D eigenvalue weighted by Crippen LogP contribution is 2.49. The standard InChI is InChI=1S/C13H16F2.C2H6/c1-9-4-5-11-8-13(14,15)7-6-12(11,3)10(9)2;1-2/h4-10H,1-3H3;1-2H3. The monoisotopic (exact) mass is 240 g/mol. The maximum atomic E-state index is 13.2. The molecule has 0 heterocycles. The minimum Gasteiger partial charge on any atom is -0.197 e. The Kier molecular flexibility index (Phi) is 3.95. The highest BCUT2D eigenvalue weighted by Gasteiger charge is 2.42. The van der Waals surface area contributed by atoms with Crippen LogP contribution in [0.15, 0.2) is 36.0 Å². The van der Waals surface area contributed by atoms with Gasteiger partial charge in [-0.3, -0.25) is 0 Å². The molecule has 0 fully saturated rings. The molecule has 2 rings (SSSR count). The van der Waals surface area contributed by atoms with E-state index in [9.17, 15) is 8.78 Å². The molecule has 0 bridgehead atoms. The van der Waals surface area contributed by atoms with Crippen LogP contribution in [0.1, 0.15) is 34.6 Å². The summed E-state index contributed by atoms with van der Waals surface area (Å²) in [5.41, 5.74) is 0.524. The molecule has 0 aromatic rings. The Hall–Kier alpha value is -0.920. The van der Waals surface area contributed by atoms with Crippen molar-refractivity contribution in [1.29, 1.82) is 0 Å². The molecule has 0 saturated heterocycles. The summed E-state index contributed by atoms with van der Waals surface area (Å²) in [6.07, 6.45) is 7.66. The molecule has 0 N–H and O–H groups in total. The fourth-order valence-electron chi connectivity index (χ4n) is 2.40. The summed E-state index contributed by atoms with van der Waals surface area (Å²) >= 11 is 0. The van der Waals surface area contributed by atoms with Crippen LogP contribution in [-0.4, -0.2) is 5.92 Å². The van der Waals surface area contributed by atoms with Crippen LogP contribution in [0.25, 0.3) is 0 Å². The number of alkyl halides is 2. The molecular weight excluding hydrogens is 218 g/mol. The Balaban J connectivity index is 0.000000686. The lowest BCUT2D eigenvalue weighted by atomic mass is 9.62. The highest BCUT2D eigenvalue weighted by atomic mass is 19.3. The van der Waals surface area contributed by atoms with E-state index >= 15 is 0 Å². The van der Waals surface area contributed by atoms with Gasteiger partial charge in [-0.25, -0.2) is 0 Å². The van der Waals surface area contributed by atoms with Crippen molar-refractivity contribution in [3.8, 4) is 0 Å². The van der Waals surface area contributed by atoms with Crippen molar-refractivity contribution in [3.63, 3.8) is 0 Å². The zero-order valence-electron chi connectivity index (χ0n) is 11.3. The Morgan fingerprint density at radius 1 is 1.12 bits per heavy atom. The molecule has 2 aliphatic rings. The van der Waals surface area contributed by atoms with E-state index in [1.807, 2.05) is 32.9 Å². The van der Waals surface area contributed by atoms with Gasteiger partial charge >= 0.3 is 0 Å². The lowest BCUT2D eigenvalue weighted by Crippen LogP contribution is -2.35. The molecule has 2 aliphatic carbocycles. The molecule has 17 heavy (non-hydrogen) atoms. The van der Waals surface area contributed by atoms with Gasteiger partial charge in [-0.15, -0.1) is 0 Å². The van der Waals surface area contributed by atoms with Crippen LogP contribution in [-0.2, 0) is 0 Å². The van der Waals surface area contributed by atoms with Gasteiger partial charge in [-0.1, -0.05) is 52.8 Å². The van der Waals surface area contributed by atoms with Crippen LogP contribution >= 0.6 is 0 Å². The predicted molar refractivity (Wildman–Crippen MR) is 69.1 cm³/mol. The molecule has 0 aromatic heterocycles. The molecule has 0 saturated carbocycles. The fourth-order valence-corrected chi connectivity index (χ4v) is 2.40. The Morgan fingerprint density at radius 2 is 1.71 bits per heavy atom. The first-order valence-electron chi connectivity index (χ1n) is 6.35. The normalized spacial score (nSPS) is 37.7. The SMILES string of the molecule is CC.CC1C=CC2=CC(F)(F)C=CC2(C)C1C. The molecule has 0 nitrogen and oxygen atoms in total. The number of allylic oxidation sites excluding steroid dienone is 6. The number of hydrogen-bond acceptors (Lipinski definition) is 0. The number of hydrogen-bond donors (Lipinski definition) is 0. The van der Waals surface area contributed by atoms with Crippen LogP contribution in [0.2, 0.25) is 0 Å². The van der Waals surface area contributed by atoms with Gasteiger partial charge in [0.25, 0.3) is 5.92 Å². The third-order valence-electron chi connectivity index (χ3n) is 3.94. The smallest absolute Gasteiger partial charge is 0.197 e.